The smallest absolute Gasteiger partial charge is 0.295 e. The molecule has 0 N–H and O–H groups in total. The molecule has 5 rings (SSSR count). The average molecular weight is 512 g/mol. The Morgan fingerprint density at radius 2 is 1.54 bits per heavy atom. The van der Waals surface area contributed by atoms with Crippen LogP contribution >= 0.6 is 23.2 Å². The zero-order valence-corrected chi connectivity index (χ0v) is 20.4. The minimum absolute atomic E-state index is 0.0449. The van der Waals surface area contributed by atoms with Gasteiger partial charge in [0.05, 0.1) is 43.3 Å². The average Bonchev–Trinajstić information content (AvgIpc) is 3.16. The highest BCUT2D eigenvalue weighted by atomic mass is 35.5. The third-order valence-electron chi connectivity index (χ3n) is 5.97. The van der Waals surface area contributed by atoms with Crippen molar-refractivity contribution in [2.24, 2.45) is 0 Å². The minimum Gasteiger partial charge on any atom is -0.495 e. The molecule has 0 spiro atoms. The number of ether oxygens (including phenoxy) is 3. The largest absolute Gasteiger partial charge is 0.495 e. The van der Waals surface area contributed by atoms with E-state index in [9.17, 15) is 9.59 Å². The minimum atomic E-state index is -0.818. The lowest BCUT2D eigenvalue weighted by Gasteiger charge is -2.26. The molecule has 0 aliphatic carbocycles. The fourth-order valence-electron chi connectivity index (χ4n) is 4.35. The second-order valence-corrected chi connectivity index (χ2v) is 8.67. The van der Waals surface area contributed by atoms with E-state index in [1.165, 1.54) is 32.3 Å². The summed E-state index contributed by atoms with van der Waals surface area (Å²) in [7, 11) is 4.55. The predicted molar refractivity (Wildman–Crippen MR) is 134 cm³/mol. The Labute approximate surface area is 210 Å². The van der Waals surface area contributed by atoms with E-state index in [0.29, 0.717) is 38.5 Å². The molecule has 3 aromatic carbocycles. The van der Waals surface area contributed by atoms with Crippen molar-refractivity contribution >= 4 is 45.8 Å². The summed E-state index contributed by atoms with van der Waals surface area (Å²) in [5, 5.41) is 0.982. The predicted octanol–water partition coefficient (Wildman–Crippen LogP) is 5.88. The molecule has 1 aliphatic rings. The number of hydrogen-bond acceptors (Lipinski definition) is 6. The lowest BCUT2D eigenvalue weighted by Crippen LogP contribution is -2.29. The number of anilines is 1. The summed E-state index contributed by atoms with van der Waals surface area (Å²) >= 11 is 12.5. The zero-order chi connectivity index (χ0) is 24.9. The lowest BCUT2D eigenvalue weighted by molar-refractivity contribution is 0.0971. The van der Waals surface area contributed by atoms with Crippen molar-refractivity contribution in [3.63, 3.8) is 0 Å². The van der Waals surface area contributed by atoms with E-state index in [4.69, 9.17) is 41.8 Å². The summed E-state index contributed by atoms with van der Waals surface area (Å²) in [4.78, 5) is 28.9. The summed E-state index contributed by atoms with van der Waals surface area (Å²) in [6.07, 6.45) is 0. The Hall–Kier alpha value is -3.68. The van der Waals surface area contributed by atoms with Crippen LogP contribution in [0.15, 0.2) is 63.8 Å². The Balaban J connectivity index is 1.80. The van der Waals surface area contributed by atoms with Crippen LogP contribution in [0.3, 0.4) is 0 Å². The summed E-state index contributed by atoms with van der Waals surface area (Å²) < 4.78 is 22.1. The third-order valence-corrected chi connectivity index (χ3v) is 6.50. The number of benzene rings is 3. The first-order chi connectivity index (χ1) is 16.9. The van der Waals surface area contributed by atoms with Gasteiger partial charge in [-0.3, -0.25) is 14.5 Å². The van der Waals surface area contributed by atoms with Crippen molar-refractivity contribution in [1.29, 1.82) is 0 Å². The highest BCUT2D eigenvalue weighted by molar-refractivity contribution is 6.32. The van der Waals surface area contributed by atoms with Gasteiger partial charge in [-0.05, 0) is 54.1 Å². The van der Waals surface area contributed by atoms with Crippen LogP contribution in [-0.4, -0.2) is 27.2 Å². The molecule has 1 amide bonds. The number of hydrogen-bond donors (Lipinski definition) is 0. The highest BCUT2D eigenvalue weighted by Gasteiger charge is 2.44. The topological polar surface area (TPSA) is 78.2 Å². The molecular weight excluding hydrogens is 493 g/mol. The van der Waals surface area contributed by atoms with Gasteiger partial charge in [-0.25, -0.2) is 0 Å². The van der Waals surface area contributed by atoms with Crippen LogP contribution < -0.4 is 24.5 Å². The first-order valence-electron chi connectivity index (χ1n) is 10.5. The van der Waals surface area contributed by atoms with Gasteiger partial charge in [0.25, 0.3) is 5.91 Å². The quantitative estimate of drug-likeness (QED) is 0.333. The molecule has 0 saturated carbocycles. The lowest BCUT2D eigenvalue weighted by atomic mass is 9.97. The maximum absolute atomic E-state index is 13.7. The normalized spacial score (nSPS) is 14.8. The van der Waals surface area contributed by atoms with Gasteiger partial charge < -0.3 is 18.6 Å². The summed E-state index contributed by atoms with van der Waals surface area (Å²) in [6.45, 7) is 0. The number of methoxy groups -OCH3 is 3. The van der Waals surface area contributed by atoms with Crippen molar-refractivity contribution in [1.82, 2.24) is 0 Å². The summed E-state index contributed by atoms with van der Waals surface area (Å²) in [5.41, 5.74) is 1.21. The Kier molecular flexibility index (Phi) is 5.83. The fourth-order valence-corrected chi connectivity index (χ4v) is 4.78. The number of rotatable bonds is 5. The summed E-state index contributed by atoms with van der Waals surface area (Å²) in [5.74, 6) is 0.896. The van der Waals surface area contributed by atoms with E-state index in [1.54, 1.807) is 48.5 Å². The van der Waals surface area contributed by atoms with Gasteiger partial charge in [0.15, 0.2) is 16.9 Å². The molecule has 4 aromatic rings. The third kappa shape index (κ3) is 3.68. The maximum atomic E-state index is 13.7. The van der Waals surface area contributed by atoms with Gasteiger partial charge in [-0.15, -0.1) is 0 Å². The first kappa shape index (κ1) is 23.1. The summed E-state index contributed by atoms with van der Waals surface area (Å²) in [6, 6.07) is 14.1. The van der Waals surface area contributed by atoms with Crippen molar-refractivity contribution in [3.8, 4) is 17.2 Å². The number of amides is 1. The molecule has 9 heteroatoms. The molecule has 0 radical (unpaired) electrons. The van der Waals surface area contributed by atoms with E-state index in [0.717, 1.165) is 0 Å². The molecule has 35 heavy (non-hydrogen) atoms. The standard InChI is InChI=1S/C26H19Cl2NO6/c1-32-19-9-6-15(12-17(19)28)29-23(13-4-7-20(33-2)21(10-13)34-3)22-24(30)16-11-14(27)5-8-18(16)35-25(22)26(29)31/h4-12,23H,1-3H3. The van der Waals surface area contributed by atoms with Gasteiger partial charge in [-0.1, -0.05) is 29.3 Å². The second-order valence-electron chi connectivity index (χ2n) is 7.83. The molecule has 178 valence electrons. The molecule has 1 unspecified atom stereocenters. The van der Waals surface area contributed by atoms with Crippen LogP contribution in [0.2, 0.25) is 10.0 Å². The molecule has 1 aliphatic heterocycles. The Morgan fingerprint density at radius 1 is 0.829 bits per heavy atom. The van der Waals surface area contributed by atoms with Crippen molar-refractivity contribution < 1.29 is 23.4 Å². The number of halogens is 2. The van der Waals surface area contributed by atoms with Gasteiger partial charge in [0.1, 0.15) is 11.3 Å². The molecule has 0 bridgehead atoms. The van der Waals surface area contributed by atoms with E-state index in [-0.39, 0.29) is 27.7 Å². The van der Waals surface area contributed by atoms with Gasteiger partial charge >= 0.3 is 0 Å². The van der Waals surface area contributed by atoms with Crippen LogP contribution in [-0.2, 0) is 0 Å². The first-order valence-corrected chi connectivity index (χ1v) is 11.3. The van der Waals surface area contributed by atoms with Crippen molar-refractivity contribution in [3.05, 3.63) is 91.8 Å². The van der Waals surface area contributed by atoms with Crippen LogP contribution in [0.5, 0.6) is 17.2 Å². The molecule has 2 heterocycles. The van der Waals surface area contributed by atoms with E-state index < -0.39 is 11.9 Å². The van der Waals surface area contributed by atoms with Gasteiger partial charge in [0.2, 0.25) is 5.76 Å². The van der Waals surface area contributed by atoms with Crippen LogP contribution in [0.1, 0.15) is 27.7 Å². The molecule has 1 atom stereocenters. The fraction of sp³-hybridized carbons (Fsp3) is 0.154. The van der Waals surface area contributed by atoms with Crippen molar-refractivity contribution in [2.75, 3.05) is 26.2 Å². The molecular formula is C26H19Cl2NO6. The van der Waals surface area contributed by atoms with Crippen LogP contribution in [0.4, 0.5) is 5.69 Å². The monoisotopic (exact) mass is 511 g/mol. The van der Waals surface area contributed by atoms with Crippen molar-refractivity contribution in [2.45, 2.75) is 6.04 Å². The number of fused-ring (bicyclic) bond motifs is 2. The van der Waals surface area contributed by atoms with Gasteiger partial charge in [-0.2, -0.15) is 0 Å². The number of carbonyl (C=O) groups is 1. The molecule has 7 nitrogen and oxygen atoms in total. The van der Waals surface area contributed by atoms with E-state index >= 15 is 0 Å². The Bertz CT molecular complexity index is 1550. The molecule has 0 saturated heterocycles. The van der Waals surface area contributed by atoms with Crippen LogP contribution in [0.25, 0.3) is 11.0 Å². The van der Waals surface area contributed by atoms with Gasteiger partial charge in [0, 0.05) is 10.7 Å². The van der Waals surface area contributed by atoms with E-state index in [2.05, 4.69) is 0 Å². The SMILES string of the molecule is COc1ccc(N2C(=O)c3oc4ccc(Cl)cc4c(=O)c3C2c2ccc(OC)c(OC)c2)cc1Cl. The Morgan fingerprint density at radius 3 is 2.23 bits per heavy atom. The zero-order valence-electron chi connectivity index (χ0n) is 18.9. The van der Waals surface area contributed by atoms with E-state index in [1.807, 2.05) is 0 Å². The number of nitrogens with zero attached hydrogens (tertiary/aromatic N) is 1. The van der Waals surface area contributed by atoms with Crippen LogP contribution in [0, 0.1) is 0 Å². The number of carbonyl (C=O) groups excluding carboxylic acids is 1. The molecule has 1 aromatic heterocycles. The molecule has 0 fully saturated rings. The second kappa shape index (κ2) is 8.83. The highest BCUT2D eigenvalue weighted by Crippen LogP contribution is 2.44. The maximum Gasteiger partial charge on any atom is 0.295 e.